The van der Waals surface area contributed by atoms with Crippen LogP contribution in [0.1, 0.15) is 37.2 Å². The summed E-state index contributed by atoms with van der Waals surface area (Å²) in [4.78, 5) is 0. The van der Waals surface area contributed by atoms with Crippen molar-refractivity contribution in [1.29, 1.82) is 5.26 Å². The van der Waals surface area contributed by atoms with Gasteiger partial charge in [0.15, 0.2) is 0 Å². The molecule has 0 saturated heterocycles. The summed E-state index contributed by atoms with van der Waals surface area (Å²) < 4.78 is 0. The number of benzene rings is 1. The van der Waals surface area contributed by atoms with Crippen LogP contribution in [0.5, 0.6) is 0 Å². The van der Waals surface area contributed by atoms with Crippen molar-refractivity contribution in [2.75, 3.05) is 19.7 Å². The number of aliphatic hydroxyl groups excluding tert-OH is 1. The van der Waals surface area contributed by atoms with E-state index < -0.39 is 0 Å². The summed E-state index contributed by atoms with van der Waals surface area (Å²) in [6.45, 7) is 1.72. The summed E-state index contributed by atoms with van der Waals surface area (Å²) in [5.74, 6) is -0.113. The third kappa shape index (κ3) is 3.56. The first-order valence-electron chi connectivity index (χ1n) is 7.06. The minimum absolute atomic E-state index is 0.0523. The topological polar surface area (TPSA) is 56.0 Å². The van der Waals surface area contributed by atoms with E-state index in [0.29, 0.717) is 6.54 Å². The molecule has 1 aromatic carbocycles. The second-order valence-corrected chi connectivity index (χ2v) is 5.59. The standard InChI is InChI=1S/C16H22N2O/c17-10-15(14-6-2-1-3-7-14)11-18-12-16(13-19)8-4-5-9-16/h1-3,6-7,15,18-19H,4-5,8-9,11-13H2. The van der Waals surface area contributed by atoms with Crippen LogP contribution >= 0.6 is 0 Å². The highest BCUT2D eigenvalue weighted by Crippen LogP contribution is 2.36. The van der Waals surface area contributed by atoms with Crippen LogP contribution in [0.15, 0.2) is 30.3 Å². The van der Waals surface area contributed by atoms with Gasteiger partial charge in [0.1, 0.15) is 0 Å². The summed E-state index contributed by atoms with van der Waals surface area (Å²) in [6.07, 6.45) is 4.61. The molecule has 0 aromatic heterocycles. The van der Waals surface area contributed by atoms with Crippen molar-refractivity contribution >= 4 is 0 Å². The zero-order chi connectivity index (χ0) is 13.6. The summed E-state index contributed by atoms with van der Waals surface area (Å²) in [6, 6.07) is 12.2. The fourth-order valence-corrected chi connectivity index (χ4v) is 2.92. The fourth-order valence-electron chi connectivity index (χ4n) is 2.92. The van der Waals surface area contributed by atoms with Gasteiger partial charge in [-0.25, -0.2) is 0 Å². The predicted molar refractivity (Wildman–Crippen MR) is 75.7 cm³/mol. The Bertz CT molecular complexity index is 418. The highest BCUT2D eigenvalue weighted by Gasteiger charge is 2.32. The number of hydrogen-bond donors (Lipinski definition) is 2. The monoisotopic (exact) mass is 258 g/mol. The number of nitrogens with one attached hydrogen (secondary N) is 1. The van der Waals surface area contributed by atoms with E-state index in [2.05, 4.69) is 11.4 Å². The molecule has 1 aliphatic carbocycles. The molecule has 19 heavy (non-hydrogen) atoms. The van der Waals surface area contributed by atoms with Gasteiger partial charge >= 0.3 is 0 Å². The molecule has 2 rings (SSSR count). The quantitative estimate of drug-likeness (QED) is 0.824. The van der Waals surface area contributed by atoms with Gasteiger partial charge in [-0.3, -0.25) is 0 Å². The number of rotatable bonds is 6. The number of nitriles is 1. The van der Waals surface area contributed by atoms with Gasteiger partial charge in [0.05, 0.1) is 12.0 Å². The number of nitrogens with zero attached hydrogens (tertiary/aromatic N) is 1. The minimum Gasteiger partial charge on any atom is -0.396 e. The molecule has 0 heterocycles. The van der Waals surface area contributed by atoms with Crippen LogP contribution in [0.4, 0.5) is 0 Å². The van der Waals surface area contributed by atoms with Crippen molar-refractivity contribution in [2.45, 2.75) is 31.6 Å². The van der Waals surface area contributed by atoms with Crippen LogP contribution in [-0.2, 0) is 0 Å². The molecule has 1 aromatic rings. The maximum absolute atomic E-state index is 9.55. The average Bonchev–Trinajstić information content (AvgIpc) is 2.94. The van der Waals surface area contributed by atoms with Crippen LogP contribution in [-0.4, -0.2) is 24.8 Å². The summed E-state index contributed by atoms with van der Waals surface area (Å²) >= 11 is 0. The molecule has 0 radical (unpaired) electrons. The Hall–Kier alpha value is -1.37. The normalized spacial score (nSPS) is 18.9. The zero-order valence-corrected chi connectivity index (χ0v) is 11.3. The molecular weight excluding hydrogens is 236 g/mol. The predicted octanol–water partition coefficient (Wildman–Crippen LogP) is 2.44. The average molecular weight is 258 g/mol. The van der Waals surface area contributed by atoms with Gasteiger partial charge < -0.3 is 10.4 Å². The fraction of sp³-hybridized carbons (Fsp3) is 0.562. The molecule has 0 bridgehead atoms. The van der Waals surface area contributed by atoms with Crippen molar-refractivity contribution in [3.05, 3.63) is 35.9 Å². The van der Waals surface area contributed by atoms with Crippen molar-refractivity contribution in [1.82, 2.24) is 5.32 Å². The van der Waals surface area contributed by atoms with E-state index in [1.165, 1.54) is 12.8 Å². The van der Waals surface area contributed by atoms with Gasteiger partial charge in [-0.05, 0) is 18.4 Å². The van der Waals surface area contributed by atoms with E-state index in [4.69, 9.17) is 0 Å². The Balaban J connectivity index is 1.86. The van der Waals surface area contributed by atoms with Gasteiger partial charge in [0.2, 0.25) is 0 Å². The maximum Gasteiger partial charge on any atom is 0.0837 e. The second kappa shape index (κ2) is 6.70. The first-order chi connectivity index (χ1) is 9.29. The molecule has 0 aliphatic heterocycles. The number of aliphatic hydroxyl groups is 1. The molecular formula is C16H22N2O. The van der Waals surface area contributed by atoms with Crippen LogP contribution in [0.3, 0.4) is 0 Å². The molecule has 1 unspecified atom stereocenters. The summed E-state index contributed by atoms with van der Waals surface area (Å²) in [7, 11) is 0. The second-order valence-electron chi connectivity index (χ2n) is 5.59. The van der Waals surface area contributed by atoms with Gasteiger partial charge in [-0.2, -0.15) is 5.26 Å². The van der Waals surface area contributed by atoms with Crippen molar-refractivity contribution in [3.8, 4) is 6.07 Å². The highest BCUT2D eigenvalue weighted by molar-refractivity contribution is 5.25. The van der Waals surface area contributed by atoms with E-state index >= 15 is 0 Å². The lowest BCUT2D eigenvalue weighted by molar-refractivity contribution is 0.128. The van der Waals surface area contributed by atoms with E-state index in [0.717, 1.165) is 24.9 Å². The van der Waals surface area contributed by atoms with Crippen LogP contribution in [0.25, 0.3) is 0 Å². The molecule has 1 atom stereocenters. The van der Waals surface area contributed by atoms with Gasteiger partial charge in [0.25, 0.3) is 0 Å². The molecule has 3 nitrogen and oxygen atoms in total. The maximum atomic E-state index is 9.55. The van der Waals surface area contributed by atoms with E-state index in [-0.39, 0.29) is 17.9 Å². The Morgan fingerprint density at radius 2 is 1.95 bits per heavy atom. The van der Waals surface area contributed by atoms with Crippen LogP contribution in [0.2, 0.25) is 0 Å². The largest absolute Gasteiger partial charge is 0.396 e. The Morgan fingerprint density at radius 1 is 1.26 bits per heavy atom. The lowest BCUT2D eigenvalue weighted by Gasteiger charge is -2.27. The first-order valence-corrected chi connectivity index (χ1v) is 7.06. The molecule has 0 spiro atoms. The van der Waals surface area contributed by atoms with Crippen molar-refractivity contribution in [2.24, 2.45) is 5.41 Å². The lowest BCUT2D eigenvalue weighted by Crippen LogP contribution is -2.36. The smallest absolute Gasteiger partial charge is 0.0837 e. The lowest BCUT2D eigenvalue weighted by atomic mass is 9.87. The third-order valence-electron chi connectivity index (χ3n) is 4.21. The van der Waals surface area contributed by atoms with Gasteiger partial charge in [-0.1, -0.05) is 43.2 Å². The van der Waals surface area contributed by atoms with Gasteiger partial charge in [-0.15, -0.1) is 0 Å². The van der Waals surface area contributed by atoms with E-state index in [9.17, 15) is 10.4 Å². The SMILES string of the molecule is N#CC(CNCC1(CO)CCCC1)c1ccccc1. The summed E-state index contributed by atoms with van der Waals surface area (Å²) in [5, 5.41) is 22.2. The van der Waals surface area contributed by atoms with Crippen LogP contribution < -0.4 is 5.32 Å². The molecule has 3 heteroatoms. The first kappa shape index (κ1) is 14.0. The van der Waals surface area contributed by atoms with Gasteiger partial charge in [0, 0.05) is 25.1 Å². The Morgan fingerprint density at radius 3 is 2.53 bits per heavy atom. The van der Waals surface area contributed by atoms with Crippen molar-refractivity contribution < 1.29 is 5.11 Å². The molecule has 1 saturated carbocycles. The Kier molecular flexibility index (Phi) is 4.95. The Labute approximate surface area is 115 Å². The third-order valence-corrected chi connectivity index (χ3v) is 4.21. The van der Waals surface area contributed by atoms with Crippen molar-refractivity contribution in [3.63, 3.8) is 0 Å². The van der Waals surface area contributed by atoms with Crippen LogP contribution in [0, 0.1) is 16.7 Å². The van der Waals surface area contributed by atoms with E-state index in [1.807, 2.05) is 30.3 Å². The zero-order valence-electron chi connectivity index (χ0n) is 11.3. The molecule has 0 amide bonds. The minimum atomic E-state index is -0.113. The molecule has 1 aliphatic rings. The molecule has 2 N–H and O–H groups in total. The molecule has 102 valence electrons. The summed E-state index contributed by atoms with van der Waals surface area (Å²) in [5.41, 5.74) is 1.11. The van der Waals surface area contributed by atoms with E-state index in [1.54, 1.807) is 0 Å². The number of hydrogen-bond acceptors (Lipinski definition) is 3. The highest BCUT2D eigenvalue weighted by atomic mass is 16.3. The molecule has 1 fully saturated rings.